The van der Waals surface area contributed by atoms with Gasteiger partial charge in [-0.1, -0.05) is 43.1 Å². The van der Waals surface area contributed by atoms with E-state index in [2.05, 4.69) is 19.9 Å². The van der Waals surface area contributed by atoms with Crippen LogP contribution in [0.25, 0.3) is 0 Å². The zero-order valence-corrected chi connectivity index (χ0v) is 13.0. The van der Waals surface area contributed by atoms with Crippen LogP contribution in [0.2, 0.25) is 0 Å². The molecule has 1 heteroatoms. The maximum Gasteiger partial charge on any atom is 0.0578 e. The Morgan fingerprint density at radius 1 is 1.15 bits per heavy atom. The molecule has 0 heterocycles. The number of hydrogen-bond donors (Lipinski definition) is 1. The Hall–Kier alpha value is -0.560. The van der Waals surface area contributed by atoms with E-state index in [1.165, 1.54) is 44.9 Å². The van der Waals surface area contributed by atoms with Gasteiger partial charge in [0.05, 0.1) is 6.10 Å². The standard InChI is InChI=1S/C19H28O/c1-18-9-3-4-16(18)15-6-5-13-12-14(20)7-11-19(13,2)17(15)8-10-18/h5,14,16,20H,3-4,6-12H2,1-2H3/t14-,16?,18-,19-/m0/s1. The number of rotatable bonds is 0. The van der Waals surface area contributed by atoms with Crippen LogP contribution in [0.15, 0.2) is 22.8 Å². The Bertz CT molecular complexity index is 500. The average Bonchev–Trinajstić information content (AvgIpc) is 2.81. The van der Waals surface area contributed by atoms with Crippen LogP contribution in [0.5, 0.6) is 0 Å². The van der Waals surface area contributed by atoms with Gasteiger partial charge >= 0.3 is 0 Å². The monoisotopic (exact) mass is 272 g/mol. The van der Waals surface area contributed by atoms with Gasteiger partial charge in [-0.05, 0) is 62.7 Å². The molecule has 4 aliphatic rings. The Balaban J connectivity index is 1.75. The maximum atomic E-state index is 9.99. The number of allylic oxidation sites excluding steroid dienone is 3. The zero-order chi connectivity index (χ0) is 14.0. The van der Waals surface area contributed by atoms with Crippen molar-refractivity contribution in [2.24, 2.45) is 16.7 Å². The van der Waals surface area contributed by atoms with Gasteiger partial charge in [-0.25, -0.2) is 0 Å². The summed E-state index contributed by atoms with van der Waals surface area (Å²) in [6.07, 6.45) is 13.7. The van der Waals surface area contributed by atoms with Gasteiger partial charge in [0.25, 0.3) is 0 Å². The van der Waals surface area contributed by atoms with E-state index in [0.717, 1.165) is 18.8 Å². The lowest BCUT2D eigenvalue weighted by molar-refractivity contribution is 0.113. The first kappa shape index (κ1) is 13.1. The van der Waals surface area contributed by atoms with E-state index in [1.807, 2.05) is 5.57 Å². The second kappa shape index (κ2) is 4.22. The van der Waals surface area contributed by atoms with Gasteiger partial charge in [-0.2, -0.15) is 0 Å². The summed E-state index contributed by atoms with van der Waals surface area (Å²) in [7, 11) is 0. The Labute approximate surface area is 123 Å². The number of aliphatic hydroxyl groups is 1. The SMILES string of the molecule is C[C@]12CC[C@H](O)CC1=CCC1=C2CC[C@]2(C)CCCC12. The predicted molar refractivity (Wildman–Crippen MR) is 82.4 cm³/mol. The second-order valence-corrected chi connectivity index (χ2v) is 8.26. The van der Waals surface area contributed by atoms with Gasteiger partial charge < -0.3 is 5.11 Å². The van der Waals surface area contributed by atoms with Crippen molar-refractivity contribution in [1.29, 1.82) is 0 Å². The molecular formula is C19H28O. The van der Waals surface area contributed by atoms with Crippen molar-refractivity contribution in [3.8, 4) is 0 Å². The molecule has 0 aliphatic heterocycles. The molecule has 110 valence electrons. The van der Waals surface area contributed by atoms with Crippen LogP contribution in [-0.2, 0) is 0 Å². The van der Waals surface area contributed by atoms with Crippen molar-refractivity contribution in [3.05, 3.63) is 22.8 Å². The van der Waals surface area contributed by atoms with Crippen LogP contribution in [0.4, 0.5) is 0 Å². The minimum absolute atomic E-state index is 0.0863. The van der Waals surface area contributed by atoms with Gasteiger partial charge in [-0.3, -0.25) is 0 Å². The molecule has 2 saturated carbocycles. The van der Waals surface area contributed by atoms with Crippen molar-refractivity contribution in [2.75, 3.05) is 0 Å². The lowest BCUT2D eigenvalue weighted by Gasteiger charge is -2.50. The first-order chi connectivity index (χ1) is 9.53. The third-order valence-corrected chi connectivity index (χ3v) is 7.21. The van der Waals surface area contributed by atoms with Gasteiger partial charge in [0.1, 0.15) is 0 Å². The predicted octanol–water partition coefficient (Wildman–Crippen LogP) is 4.76. The molecule has 0 radical (unpaired) electrons. The summed E-state index contributed by atoms with van der Waals surface area (Å²) >= 11 is 0. The Morgan fingerprint density at radius 2 is 2.00 bits per heavy atom. The molecule has 4 rings (SSSR count). The highest BCUT2D eigenvalue weighted by Gasteiger charge is 2.49. The topological polar surface area (TPSA) is 20.2 Å². The number of fused-ring (bicyclic) bond motifs is 4. The molecule has 0 aromatic rings. The normalized spacial score (nSPS) is 47.5. The van der Waals surface area contributed by atoms with E-state index in [0.29, 0.717) is 10.8 Å². The van der Waals surface area contributed by atoms with Crippen molar-refractivity contribution >= 4 is 0 Å². The highest BCUT2D eigenvalue weighted by atomic mass is 16.3. The van der Waals surface area contributed by atoms with Crippen molar-refractivity contribution in [1.82, 2.24) is 0 Å². The molecule has 2 fully saturated rings. The average molecular weight is 272 g/mol. The fourth-order valence-electron chi connectivity index (χ4n) is 5.89. The summed E-state index contributed by atoms with van der Waals surface area (Å²) in [6, 6.07) is 0. The molecule has 0 amide bonds. The Kier molecular flexibility index (Phi) is 2.77. The summed E-state index contributed by atoms with van der Waals surface area (Å²) in [6.45, 7) is 5.01. The van der Waals surface area contributed by atoms with Gasteiger partial charge in [0.15, 0.2) is 0 Å². The zero-order valence-electron chi connectivity index (χ0n) is 13.0. The van der Waals surface area contributed by atoms with Crippen LogP contribution < -0.4 is 0 Å². The van der Waals surface area contributed by atoms with E-state index in [4.69, 9.17) is 0 Å². The van der Waals surface area contributed by atoms with E-state index in [9.17, 15) is 5.11 Å². The van der Waals surface area contributed by atoms with E-state index in [1.54, 1.807) is 11.1 Å². The van der Waals surface area contributed by atoms with E-state index >= 15 is 0 Å². The number of aliphatic hydroxyl groups excluding tert-OH is 1. The molecule has 1 unspecified atom stereocenters. The van der Waals surface area contributed by atoms with Crippen LogP contribution >= 0.6 is 0 Å². The summed E-state index contributed by atoms with van der Waals surface area (Å²) in [4.78, 5) is 0. The van der Waals surface area contributed by atoms with Crippen molar-refractivity contribution in [3.63, 3.8) is 0 Å². The molecule has 0 aromatic heterocycles. The summed E-state index contributed by atoms with van der Waals surface area (Å²) in [5, 5.41) is 9.99. The molecule has 0 saturated heterocycles. The first-order valence-corrected chi connectivity index (χ1v) is 8.63. The molecule has 20 heavy (non-hydrogen) atoms. The molecule has 0 bridgehead atoms. The molecular weight excluding hydrogens is 244 g/mol. The van der Waals surface area contributed by atoms with Crippen LogP contribution in [0, 0.1) is 16.7 Å². The highest BCUT2D eigenvalue weighted by Crippen LogP contribution is 2.61. The fourth-order valence-corrected chi connectivity index (χ4v) is 5.89. The van der Waals surface area contributed by atoms with Crippen LogP contribution in [0.3, 0.4) is 0 Å². The maximum absolute atomic E-state index is 9.99. The smallest absolute Gasteiger partial charge is 0.0578 e. The Morgan fingerprint density at radius 3 is 2.85 bits per heavy atom. The summed E-state index contributed by atoms with van der Waals surface area (Å²) in [5.74, 6) is 0.868. The lowest BCUT2D eigenvalue weighted by atomic mass is 9.55. The molecule has 4 aliphatic carbocycles. The van der Waals surface area contributed by atoms with Crippen LogP contribution in [0.1, 0.15) is 71.6 Å². The highest BCUT2D eigenvalue weighted by molar-refractivity contribution is 5.43. The van der Waals surface area contributed by atoms with E-state index in [-0.39, 0.29) is 6.10 Å². The van der Waals surface area contributed by atoms with Gasteiger partial charge in [0.2, 0.25) is 0 Å². The van der Waals surface area contributed by atoms with E-state index < -0.39 is 0 Å². The molecule has 1 nitrogen and oxygen atoms in total. The van der Waals surface area contributed by atoms with Crippen molar-refractivity contribution in [2.45, 2.75) is 77.7 Å². The molecule has 1 N–H and O–H groups in total. The molecule has 0 spiro atoms. The van der Waals surface area contributed by atoms with Gasteiger partial charge in [-0.15, -0.1) is 0 Å². The van der Waals surface area contributed by atoms with Crippen LogP contribution in [-0.4, -0.2) is 11.2 Å². The molecule has 0 aromatic carbocycles. The quantitative estimate of drug-likeness (QED) is 0.630. The van der Waals surface area contributed by atoms with Gasteiger partial charge in [0, 0.05) is 5.41 Å². The minimum atomic E-state index is -0.0863. The fraction of sp³-hybridized carbons (Fsp3) is 0.789. The lowest BCUT2D eigenvalue weighted by Crippen LogP contribution is -2.39. The number of hydrogen-bond acceptors (Lipinski definition) is 1. The molecule has 4 atom stereocenters. The largest absolute Gasteiger partial charge is 0.393 e. The first-order valence-electron chi connectivity index (χ1n) is 8.63. The van der Waals surface area contributed by atoms with Crippen molar-refractivity contribution < 1.29 is 5.11 Å². The summed E-state index contributed by atoms with van der Waals surface area (Å²) < 4.78 is 0. The third-order valence-electron chi connectivity index (χ3n) is 7.21. The summed E-state index contributed by atoms with van der Waals surface area (Å²) in [5.41, 5.74) is 6.08. The minimum Gasteiger partial charge on any atom is -0.393 e. The third kappa shape index (κ3) is 1.65. The second-order valence-electron chi connectivity index (χ2n) is 8.26.